The number of halogens is 1. The molecule has 0 bridgehead atoms. The van der Waals surface area contributed by atoms with Crippen LogP contribution in [0.4, 0.5) is 26.4 Å². The third-order valence-corrected chi connectivity index (χ3v) is 6.25. The number of rotatable bonds is 4. The SMILES string of the molecule is CCc1c(-c2cc3cc(NC(=O)O[C@H]4CC(=O)N(C)C4)ncc3c(N)c2F)cnc2c1NCCO2. The Morgan fingerprint density at radius 1 is 1.34 bits per heavy atom. The number of pyridine rings is 2. The molecule has 0 aliphatic carbocycles. The fourth-order valence-electron chi connectivity index (χ4n) is 4.49. The summed E-state index contributed by atoms with van der Waals surface area (Å²) in [6.07, 6.45) is 2.52. The topological polar surface area (TPSA) is 132 Å². The maximum absolute atomic E-state index is 15.4. The van der Waals surface area contributed by atoms with Crippen LogP contribution in [0.1, 0.15) is 18.9 Å². The molecule has 1 atom stereocenters. The second kappa shape index (κ2) is 8.90. The zero-order valence-corrected chi connectivity index (χ0v) is 19.4. The molecule has 0 saturated carbocycles. The Morgan fingerprint density at radius 2 is 2.17 bits per heavy atom. The van der Waals surface area contributed by atoms with Gasteiger partial charge in [0.1, 0.15) is 24.2 Å². The Balaban J connectivity index is 1.48. The molecule has 1 aromatic carbocycles. The number of nitrogens with two attached hydrogens (primary N) is 1. The van der Waals surface area contributed by atoms with Gasteiger partial charge in [0.15, 0.2) is 5.82 Å². The number of hydrogen-bond donors (Lipinski definition) is 3. The molecule has 4 heterocycles. The summed E-state index contributed by atoms with van der Waals surface area (Å²) in [5, 5.41) is 6.87. The van der Waals surface area contributed by atoms with Gasteiger partial charge in [-0.2, -0.15) is 0 Å². The number of ether oxygens (including phenoxy) is 2. The van der Waals surface area contributed by atoms with E-state index in [1.807, 2.05) is 6.92 Å². The number of fused-ring (bicyclic) bond motifs is 2. The lowest BCUT2D eigenvalue weighted by Crippen LogP contribution is -2.25. The molecule has 3 aromatic rings. The highest BCUT2D eigenvalue weighted by atomic mass is 19.1. The fraction of sp³-hybridized carbons (Fsp3) is 0.333. The number of nitrogens with zero attached hydrogens (tertiary/aromatic N) is 3. The second-order valence-corrected chi connectivity index (χ2v) is 8.53. The Kier molecular flexibility index (Phi) is 5.75. The summed E-state index contributed by atoms with van der Waals surface area (Å²) in [4.78, 5) is 34.0. The zero-order valence-electron chi connectivity index (χ0n) is 19.4. The molecule has 0 radical (unpaired) electrons. The number of amides is 2. The standard InChI is InChI=1S/C24H25FN6O4/c1-3-14-17(10-29-23-22(14)27-4-5-34-23)15-6-12-7-18(28-9-16(12)21(26)20(15)25)30-24(33)35-13-8-19(32)31(2)11-13/h6-7,9-10,13,27H,3-5,8,11,26H2,1-2H3,(H,28,30,33)/t13-/m0/s1. The predicted molar refractivity (Wildman–Crippen MR) is 129 cm³/mol. The van der Waals surface area contributed by atoms with Crippen LogP contribution in [0.3, 0.4) is 0 Å². The minimum atomic E-state index is -0.724. The van der Waals surface area contributed by atoms with Crippen molar-refractivity contribution in [3.8, 4) is 17.0 Å². The first-order valence-electron chi connectivity index (χ1n) is 11.3. The number of benzene rings is 1. The van der Waals surface area contributed by atoms with E-state index in [1.165, 1.54) is 11.1 Å². The molecule has 1 fully saturated rings. The van der Waals surface area contributed by atoms with E-state index in [1.54, 1.807) is 25.4 Å². The van der Waals surface area contributed by atoms with Gasteiger partial charge in [-0.15, -0.1) is 0 Å². The lowest BCUT2D eigenvalue weighted by Gasteiger charge is -2.23. The monoisotopic (exact) mass is 480 g/mol. The van der Waals surface area contributed by atoms with Gasteiger partial charge in [-0.3, -0.25) is 10.1 Å². The van der Waals surface area contributed by atoms with E-state index in [0.29, 0.717) is 53.9 Å². The van der Waals surface area contributed by atoms with Crippen molar-refractivity contribution in [2.45, 2.75) is 25.9 Å². The number of nitrogens with one attached hydrogen (secondary N) is 2. The highest BCUT2D eigenvalue weighted by Crippen LogP contribution is 2.40. The van der Waals surface area contributed by atoms with Crippen molar-refractivity contribution in [2.24, 2.45) is 0 Å². The number of carbonyl (C=O) groups is 2. The largest absolute Gasteiger partial charge is 0.474 e. The van der Waals surface area contributed by atoms with Gasteiger partial charge in [0.05, 0.1) is 18.7 Å². The molecule has 5 rings (SSSR count). The van der Waals surface area contributed by atoms with Crippen molar-refractivity contribution >= 4 is 40.0 Å². The Hall–Kier alpha value is -4.15. The summed E-state index contributed by atoms with van der Waals surface area (Å²) in [6, 6.07) is 3.26. The molecule has 4 N–H and O–H groups in total. The van der Waals surface area contributed by atoms with Crippen molar-refractivity contribution in [1.29, 1.82) is 0 Å². The van der Waals surface area contributed by atoms with E-state index in [4.69, 9.17) is 15.2 Å². The molecule has 11 heteroatoms. The molecule has 10 nitrogen and oxygen atoms in total. The number of likely N-dealkylation sites (tertiary alicyclic amines) is 1. The molecule has 1 saturated heterocycles. The van der Waals surface area contributed by atoms with Crippen LogP contribution < -0.4 is 21.1 Å². The highest BCUT2D eigenvalue weighted by molar-refractivity contribution is 5.99. The number of aromatic nitrogens is 2. The van der Waals surface area contributed by atoms with E-state index in [2.05, 4.69) is 20.6 Å². The van der Waals surface area contributed by atoms with Crippen LogP contribution in [-0.4, -0.2) is 59.7 Å². The number of hydrogen-bond acceptors (Lipinski definition) is 8. The predicted octanol–water partition coefficient (Wildman–Crippen LogP) is 3.16. The van der Waals surface area contributed by atoms with Crippen LogP contribution in [0, 0.1) is 5.82 Å². The van der Waals surface area contributed by atoms with Crippen molar-refractivity contribution in [3.63, 3.8) is 0 Å². The molecule has 2 aliphatic rings. The zero-order chi connectivity index (χ0) is 24.7. The first-order valence-corrected chi connectivity index (χ1v) is 11.3. The summed E-state index contributed by atoms with van der Waals surface area (Å²) in [5.74, 6) is 0.0611. The summed E-state index contributed by atoms with van der Waals surface area (Å²) in [7, 11) is 1.65. The Morgan fingerprint density at radius 3 is 2.91 bits per heavy atom. The minimum Gasteiger partial charge on any atom is -0.474 e. The van der Waals surface area contributed by atoms with Crippen LogP contribution >= 0.6 is 0 Å². The van der Waals surface area contributed by atoms with Crippen molar-refractivity contribution in [3.05, 3.63) is 35.9 Å². The molecule has 2 aliphatic heterocycles. The maximum atomic E-state index is 15.4. The smallest absolute Gasteiger partial charge is 0.413 e. The normalized spacial score (nSPS) is 17.1. The van der Waals surface area contributed by atoms with Gasteiger partial charge >= 0.3 is 6.09 Å². The summed E-state index contributed by atoms with van der Waals surface area (Å²) >= 11 is 0. The van der Waals surface area contributed by atoms with Gasteiger partial charge in [0, 0.05) is 42.5 Å². The van der Waals surface area contributed by atoms with E-state index in [-0.39, 0.29) is 23.8 Å². The first kappa shape index (κ1) is 22.6. The molecular formula is C24H25FN6O4. The third kappa shape index (κ3) is 4.13. The van der Waals surface area contributed by atoms with Gasteiger partial charge in [0.2, 0.25) is 11.8 Å². The van der Waals surface area contributed by atoms with Gasteiger partial charge in [0.25, 0.3) is 0 Å². The molecule has 0 unspecified atom stereocenters. The lowest BCUT2D eigenvalue weighted by atomic mass is 9.95. The van der Waals surface area contributed by atoms with E-state index < -0.39 is 18.0 Å². The quantitative estimate of drug-likeness (QED) is 0.485. The fourth-order valence-corrected chi connectivity index (χ4v) is 4.49. The Bertz CT molecular complexity index is 1350. The van der Waals surface area contributed by atoms with Crippen LogP contribution in [0.5, 0.6) is 5.88 Å². The third-order valence-electron chi connectivity index (χ3n) is 6.25. The van der Waals surface area contributed by atoms with Gasteiger partial charge < -0.3 is 25.4 Å². The maximum Gasteiger partial charge on any atom is 0.413 e. The summed E-state index contributed by atoms with van der Waals surface area (Å²) in [6.45, 7) is 3.46. The molecule has 0 spiro atoms. The highest BCUT2D eigenvalue weighted by Gasteiger charge is 2.30. The number of carbonyl (C=O) groups excluding carboxylic acids is 2. The van der Waals surface area contributed by atoms with E-state index >= 15 is 4.39 Å². The van der Waals surface area contributed by atoms with E-state index in [9.17, 15) is 9.59 Å². The van der Waals surface area contributed by atoms with Crippen molar-refractivity contribution in [1.82, 2.24) is 14.9 Å². The van der Waals surface area contributed by atoms with Crippen LogP contribution in [0.2, 0.25) is 0 Å². The summed E-state index contributed by atoms with van der Waals surface area (Å²) < 4.78 is 26.4. The van der Waals surface area contributed by atoms with Crippen molar-refractivity contribution in [2.75, 3.05) is 43.1 Å². The van der Waals surface area contributed by atoms with Crippen molar-refractivity contribution < 1.29 is 23.5 Å². The van der Waals surface area contributed by atoms with Crippen LogP contribution in [0.25, 0.3) is 21.9 Å². The van der Waals surface area contributed by atoms with E-state index in [0.717, 1.165) is 11.3 Å². The average molecular weight is 481 g/mol. The molecule has 182 valence electrons. The molecule has 2 aromatic heterocycles. The first-order chi connectivity index (χ1) is 16.9. The van der Waals surface area contributed by atoms with Crippen LogP contribution in [0.15, 0.2) is 24.5 Å². The van der Waals surface area contributed by atoms with Crippen LogP contribution in [-0.2, 0) is 16.0 Å². The molecule has 2 amide bonds. The summed E-state index contributed by atoms with van der Waals surface area (Å²) in [5.41, 5.74) is 8.63. The number of anilines is 3. The number of likely N-dealkylation sites (N-methyl/N-ethyl adjacent to an activating group) is 1. The lowest BCUT2D eigenvalue weighted by molar-refractivity contribution is -0.126. The van der Waals surface area contributed by atoms with Gasteiger partial charge in [-0.25, -0.2) is 19.2 Å². The second-order valence-electron chi connectivity index (χ2n) is 8.53. The molecular weight excluding hydrogens is 455 g/mol. The van der Waals surface area contributed by atoms with Gasteiger partial charge in [-0.05, 0) is 29.5 Å². The minimum absolute atomic E-state index is 0.0457. The molecule has 35 heavy (non-hydrogen) atoms. The Labute approximate surface area is 200 Å². The average Bonchev–Trinajstić information content (AvgIpc) is 3.16. The van der Waals surface area contributed by atoms with Gasteiger partial charge in [-0.1, -0.05) is 6.92 Å². The number of nitrogen functional groups attached to an aromatic ring is 1.